The fourth-order valence-corrected chi connectivity index (χ4v) is 1.18. The van der Waals surface area contributed by atoms with E-state index in [-0.39, 0.29) is 6.04 Å². The molecule has 0 saturated carbocycles. The first kappa shape index (κ1) is 9.07. The summed E-state index contributed by atoms with van der Waals surface area (Å²) in [6, 6.07) is 5.93. The second-order valence-corrected chi connectivity index (χ2v) is 3.07. The Kier molecular flexibility index (Phi) is 2.71. The Morgan fingerprint density at radius 1 is 1.42 bits per heavy atom. The highest BCUT2D eigenvalue weighted by Crippen LogP contribution is 2.24. The van der Waals surface area contributed by atoms with E-state index in [1.807, 2.05) is 33.0 Å². The summed E-state index contributed by atoms with van der Waals surface area (Å²) in [6.07, 6.45) is 0. The summed E-state index contributed by atoms with van der Waals surface area (Å²) in [5, 5.41) is 12.6. The molecule has 66 valence electrons. The lowest BCUT2D eigenvalue weighted by atomic mass is 10.1. The Bertz CT molecular complexity index is 271. The molecule has 0 amide bonds. The van der Waals surface area contributed by atoms with Gasteiger partial charge < -0.3 is 10.4 Å². The Labute approximate surface area is 73.2 Å². The predicted octanol–water partition coefficient (Wildman–Crippen LogP) is 1.98. The first-order valence-electron chi connectivity index (χ1n) is 4.12. The smallest absolute Gasteiger partial charge is 0.120 e. The highest BCUT2D eigenvalue weighted by molar-refractivity contribution is 5.37. The number of benzene rings is 1. The molecule has 0 spiro atoms. The van der Waals surface area contributed by atoms with Crippen LogP contribution in [0.5, 0.6) is 5.75 Å². The van der Waals surface area contributed by atoms with E-state index in [0.29, 0.717) is 5.75 Å². The van der Waals surface area contributed by atoms with Crippen molar-refractivity contribution in [2.75, 3.05) is 7.05 Å². The zero-order chi connectivity index (χ0) is 9.14. The average Bonchev–Trinajstić information content (AvgIpc) is 2.03. The van der Waals surface area contributed by atoms with Gasteiger partial charge in [0.2, 0.25) is 0 Å². The molecule has 0 aliphatic heterocycles. The van der Waals surface area contributed by atoms with E-state index in [9.17, 15) is 5.11 Å². The second kappa shape index (κ2) is 3.59. The maximum absolute atomic E-state index is 9.55. The topological polar surface area (TPSA) is 32.3 Å². The molecule has 1 rings (SSSR count). The van der Waals surface area contributed by atoms with Crippen molar-refractivity contribution < 1.29 is 5.11 Å². The van der Waals surface area contributed by atoms with Crippen LogP contribution in [0.2, 0.25) is 0 Å². The van der Waals surface area contributed by atoms with Crippen LogP contribution in [0.4, 0.5) is 0 Å². The van der Waals surface area contributed by atoms with Crippen molar-refractivity contribution in [2.45, 2.75) is 19.9 Å². The largest absolute Gasteiger partial charge is 0.508 e. The molecule has 0 fully saturated rings. The summed E-state index contributed by atoms with van der Waals surface area (Å²) < 4.78 is 0. The van der Waals surface area contributed by atoms with E-state index in [4.69, 9.17) is 0 Å². The molecule has 12 heavy (non-hydrogen) atoms. The van der Waals surface area contributed by atoms with Crippen LogP contribution < -0.4 is 5.32 Å². The minimum absolute atomic E-state index is 0.200. The van der Waals surface area contributed by atoms with Crippen LogP contribution >= 0.6 is 0 Å². The van der Waals surface area contributed by atoms with E-state index in [2.05, 4.69) is 5.32 Å². The van der Waals surface area contributed by atoms with Crippen molar-refractivity contribution in [1.82, 2.24) is 5.32 Å². The molecule has 2 heteroatoms. The number of aromatic hydroxyl groups is 1. The molecule has 1 atom stereocenters. The number of phenolic OH excluding ortho intramolecular Hbond substituents is 1. The quantitative estimate of drug-likeness (QED) is 0.702. The van der Waals surface area contributed by atoms with Crippen LogP contribution in [-0.2, 0) is 0 Å². The van der Waals surface area contributed by atoms with E-state index < -0.39 is 0 Å². The minimum Gasteiger partial charge on any atom is -0.508 e. The Morgan fingerprint density at radius 2 is 2.08 bits per heavy atom. The van der Waals surface area contributed by atoms with Crippen molar-refractivity contribution in [1.29, 1.82) is 0 Å². The van der Waals surface area contributed by atoms with Gasteiger partial charge in [-0.3, -0.25) is 0 Å². The second-order valence-electron chi connectivity index (χ2n) is 3.07. The molecule has 1 aromatic carbocycles. The first-order valence-corrected chi connectivity index (χ1v) is 4.12. The number of phenols is 1. The zero-order valence-electron chi connectivity index (χ0n) is 7.76. The van der Waals surface area contributed by atoms with E-state index in [0.717, 1.165) is 11.1 Å². The first-order chi connectivity index (χ1) is 5.65. The molecule has 0 saturated heterocycles. The van der Waals surface area contributed by atoms with Gasteiger partial charge in [0.25, 0.3) is 0 Å². The van der Waals surface area contributed by atoms with Gasteiger partial charge >= 0.3 is 0 Å². The summed E-state index contributed by atoms with van der Waals surface area (Å²) in [7, 11) is 1.88. The van der Waals surface area contributed by atoms with Gasteiger partial charge in [-0.15, -0.1) is 0 Å². The number of rotatable bonds is 2. The number of hydrogen-bond acceptors (Lipinski definition) is 2. The summed E-state index contributed by atoms with van der Waals surface area (Å²) in [5.74, 6) is 0.372. The third kappa shape index (κ3) is 1.77. The third-order valence-electron chi connectivity index (χ3n) is 2.09. The summed E-state index contributed by atoms with van der Waals surface area (Å²) in [4.78, 5) is 0. The maximum atomic E-state index is 9.55. The van der Waals surface area contributed by atoms with Crippen LogP contribution in [0.15, 0.2) is 18.2 Å². The van der Waals surface area contributed by atoms with Gasteiger partial charge in [0, 0.05) is 11.6 Å². The molecule has 0 heterocycles. The summed E-state index contributed by atoms with van der Waals surface area (Å²) in [5.41, 5.74) is 2.03. The predicted molar refractivity (Wildman–Crippen MR) is 50.3 cm³/mol. The molecule has 2 N–H and O–H groups in total. The van der Waals surface area contributed by atoms with Gasteiger partial charge in [-0.25, -0.2) is 0 Å². The van der Waals surface area contributed by atoms with Gasteiger partial charge in [0.1, 0.15) is 5.75 Å². The van der Waals surface area contributed by atoms with E-state index >= 15 is 0 Å². The van der Waals surface area contributed by atoms with Crippen molar-refractivity contribution >= 4 is 0 Å². The van der Waals surface area contributed by atoms with Gasteiger partial charge in [-0.05, 0) is 32.5 Å². The SMILES string of the molecule is CNC(C)c1ccc(C)cc1O. The molecule has 1 aromatic rings. The van der Waals surface area contributed by atoms with Crippen molar-refractivity contribution in [3.63, 3.8) is 0 Å². The molecule has 0 aromatic heterocycles. The minimum atomic E-state index is 0.200. The van der Waals surface area contributed by atoms with E-state index in [1.54, 1.807) is 6.07 Å². The molecule has 0 radical (unpaired) electrons. The highest BCUT2D eigenvalue weighted by Gasteiger charge is 2.06. The zero-order valence-corrected chi connectivity index (χ0v) is 7.76. The van der Waals surface area contributed by atoms with Crippen molar-refractivity contribution in [3.8, 4) is 5.75 Å². The lowest BCUT2D eigenvalue weighted by Gasteiger charge is -2.12. The highest BCUT2D eigenvalue weighted by atomic mass is 16.3. The lowest BCUT2D eigenvalue weighted by Crippen LogP contribution is -2.12. The van der Waals surface area contributed by atoms with Crippen molar-refractivity contribution in [3.05, 3.63) is 29.3 Å². The van der Waals surface area contributed by atoms with E-state index in [1.165, 1.54) is 0 Å². The standard InChI is InChI=1S/C10H15NO/c1-7-4-5-9(8(2)11-3)10(12)6-7/h4-6,8,11-12H,1-3H3. The monoisotopic (exact) mass is 165 g/mol. The fourth-order valence-electron chi connectivity index (χ4n) is 1.18. The van der Waals surface area contributed by atoms with Crippen LogP contribution in [0, 0.1) is 6.92 Å². The third-order valence-corrected chi connectivity index (χ3v) is 2.09. The van der Waals surface area contributed by atoms with Gasteiger partial charge in [0.05, 0.1) is 0 Å². The Morgan fingerprint density at radius 3 is 2.58 bits per heavy atom. The molecule has 0 aliphatic rings. The van der Waals surface area contributed by atoms with Gasteiger partial charge in [-0.2, -0.15) is 0 Å². The van der Waals surface area contributed by atoms with Crippen molar-refractivity contribution in [2.24, 2.45) is 0 Å². The number of nitrogens with one attached hydrogen (secondary N) is 1. The Balaban J connectivity index is 3.01. The number of hydrogen-bond donors (Lipinski definition) is 2. The van der Waals surface area contributed by atoms with Crippen LogP contribution in [-0.4, -0.2) is 12.2 Å². The van der Waals surface area contributed by atoms with Crippen LogP contribution in [0.25, 0.3) is 0 Å². The van der Waals surface area contributed by atoms with Crippen LogP contribution in [0.1, 0.15) is 24.1 Å². The number of aryl methyl sites for hydroxylation is 1. The fraction of sp³-hybridized carbons (Fsp3) is 0.400. The summed E-state index contributed by atoms with van der Waals surface area (Å²) in [6.45, 7) is 3.98. The molecular formula is C10H15NO. The normalized spacial score (nSPS) is 12.9. The van der Waals surface area contributed by atoms with Crippen LogP contribution in [0.3, 0.4) is 0 Å². The molecule has 0 aliphatic carbocycles. The average molecular weight is 165 g/mol. The van der Waals surface area contributed by atoms with Gasteiger partial charge in [0.15, 0.2) is 0 Å². The summed E-state index contributed by atoms with van der Waals surface area (Å²) >= 11 is 0. The van der Waals surface area contributed by atoms with Gasteiger partial charge in [-0.1, -0.05) is 12.1 Å². The maximum Gasteiger partial charge on any atom is 0.120 e. The molecule has 1 unspecified atom stereocenters. The molecule has 0 bridgehead atoms. The lowest BCUT2D eigenvalue weighted by molar-refractivity contribution is 0.457. The molecule has 2 nitrogen and oxygen atoms in total. The Hall–Kier alpha value is -1.02. The molecular weight excluding hydrogens is 150 g/mol.